The molecule has 2 heterocycles. The molecule has 0 fully saturated rings. The lowest BCUT2D eigenvalue weighted by Gasteiger charge is -2.30. The van der Waals surface area contributed by atoms with E-state index in [4.69, 9.17) is 4.42 Å². The second-order valence-corrected chi connectivity index (χ2v) is 15.6. The van der Waals surface area contributed by atoms with E-state index in [1.807, 2.05) is 6.07 Å². The lowest BCUT2D eigenvalue weighted by atomic mass is 9.95. The van der Waals surface area contributed by atoms with Crippen molar-refractivity contribution in [2.45, 2.75) is 0 Å². The SMILES string of the molecule is c1ccc(-c2ccccc2N(c2ccc(-c3ccc4ccccc4c3)cc2)c2ccccc2-c2cccc3c2c2ccccc2n3-c2cccc3c2oc2ccccc23)cc1. The molecule has 0 aliphatic carbocycles. The van der Waals surface area contributed by atoms with Gasteiger partial charge in [0.25, 0.3) is 0 Å². The average molecular weight is 779 g/mol. The van der Waals surface area contributed by atoms with Crippen LogP contribution in [0.5, 0.6) is 0 Å². The highest BCUT2D eigenvalue weighted by Gasteiger charge is 2.24. The quantitative estimate of drug-likeness (QED) is 0.161. The van der Waals surface area contributed by atoms with Crippen molar-refractivity contribution in [3.05, 3.63) is 231 Å². The molecule has 3 heteroatoms. The first-order valence-electron chi connectivity index (χ1n) is 20.8. The van der Waals surface area contributed by atoms with E-state index in [-0.39, 0.29) is 0 Å². The van der Waals surface area contributed by atoms with Gasteiger partial charge in [0.1, 0.15) is 5.58 Å². The van der Waals surface area contributed by atoms with Crippen molar-refractivity contribution in [2.75, 3.05) is 4.90 Å². The molecule has 0 saturated carbocycles. The fourth-order valence-corrected chi connectivity index (χ4v) is 9.42. The van der Waals surface area contributed by atoms with Gasteiger partial charge in [-0.1, -0.05) is 176 Å². The van der Waals surface area contributed by atoms with Crippen molar-refractivity contribution in [3.63, 3.8) is 0 Å². The summed E-state index contributed by atoms with van der Waals surface area (Å²) in [6, 6.07) is 83.0. The molecule has 0 aliphatic heterocycles. The van der Waals surface area contributed by atoms with Crippen LogP contribution >= 0.6 is 0 Å². The average Bonchev–Trinajstić information content (AvgIpc) is 3.89. The molecule has 0 atom stereocenters. The van der Waals surface area contributed by atoms with Gasteiger partial charge >= 0.3 is 0 Å². The van der Waals surface area contributed by atoms with Crippen LogP contribution in [-0.2, 0) is 0 Å². The van der Waals surface area contributed by atoms with Gasteiger partial charge in [-0.2, -0.15) is 0 Å². The second-order valence-electron chi connectivity index (χ2n) is 15.6. The fourth-order valence-electron chi connectivity index (χ4n) is 9.42. The molecule has 12 aromatic rings. The van der Waals surface area contributed by atoms with E-state index in [0.717, 1.165) is 72.4 Å². The molecule has 0 unspecified atom stereocenters. The Kier molecular flexibility index (Phi) is 8.17. The van der Waals surface area contributed by atoms with Gasteiger partial charge in [-0.15, -0.1) is 0 Å². The smallest absolute Gasteiger partial charge is 0.159 e. The normalized spacial score (nSPS) is 11.6. The number of nitrogens with zero attached hydrogens (tertiary/aromatic N) is 2. The highest BCUT2D eigenvalue weighted by atomic mass is 16.3. The van der Waals surface area contributed by atoms with Crippen LogP contribution in [0.1, 0.15) is 0 Å². The summed E-state index contributed by atoms with van der Waals surface area (Å²) >= 11 is 0. The van der Waals surface area contributed by atoms with Crippen LogP contribution in [-0.4, -0.2) is 4.57 Å². The van der Waals surface area contributed by atoms with Crippen molar-refractivity contribution < 1.29 is 4.42 Å². The summed E-state index contributed by atoms with van der Waals surface area (Å²) in [4.78, 5) is 2.44. The molecule has 0 spiro atoms. The zero-order valence-corrected chi connectivity index (χ0v) is 33.2. The third kappa shape index (κ3) is 5.74. The maximum Gasteiger partial charge on any atom is 0.159 e. The molecule has 0 aliphatic rings. The van der Waals surface area contributed by atoms with Crippen LogP contribution in [0.4, 0.5) is 17.1 Å². The predicted molar refractivity (Wildman–Crippen MR) is 257 cm³/mol. The lowest BCUT2D eigenvalue weighted by Crippen LogP contribution is -2.12. The van der Waals surface area contributed by atoms with Gasteiger partial charge < -0.3 is 13.9 Å². The number of furan rings is 1. The molecule has 0 saturated heterocycles. The fraction of sp³-hybridized carbons (Fsp3) is 0. The molecular formula is C58H38N2O. The minimum atomic E-state index is 0.882. The van der Waals surface area contributed by atoms with E-state index in [2.05, 4.69) is 234 Å². The van der Waals surface area contributed by atoms with Crippen LogP contribution in [0.15, 0.2) is 235 Å². The summed E-state index contributed by atoms with van der Waals surface area (Å²) in [5.41, 5.74) is 15.3. The Morgan fingerprint density at radius 3 is 1.82 bits per heavy atom. The number of para-hydroxylation sites is 5. The third-order valence-electron chi connectivity index (χ3n) is 12.2. The Morgan fingerprint density at radius 1 is 0.361 bits per heavy atom. The number of fused-ring (bicyclic) bond motifs is 7. The van der Waals surface area contributed by atoms with Crippen molar-refractivity contribution in [1.82, 2.24) is 4.57 Å². The molecule has 61 heavy (non-hydrogen) atoms. The topological polar surface area (TPSA) is 21.3 Å². The van der Waals surface area contributed by atoms with Gasteiger partial charge in [-0.25, -0.2) is 0 Å². The molecule has 0 radical (unpaired) electrons. The Labute approximate surface area is 353 Å². The number of hydrogen-bond donors (Lipinski definition) is 0. The first-order chi connectivity index (χ1) is 30.3. The summed E-state index contributed by atoms with van der Waals surface area (Å²) in [7, 11) is 0. The molecule has 0 amide bonds. The van der Waals surface area contributed by atoms with Gasteiger partial charge in [0.15, 0.2) is 5.58 Å². The van der Waals surface area contributed by atoms with Gasteiger partial charge in [0.05, 0.1) is 28.1 Å². The van der Waals surface area contributed by atoms with Gasteiger partial charge in [0, 0.05) is 38.4 Å². The molecule has 2 aromatic heterocycles. The molecular weight excluding hydrogens is 741 g/mol. The molecule has 10 aromatic carbocycles. The number of anilines is 3. The van der Waals surface area contributed by atoms with Crippen LogP contribution in [0.25, 0.3) is 93.6 Å². The lowest BCUT2D eigenvalue weighted by molar-refractivity contribution is 0.666. The Morgan fingerprint density at radius 2 is 0.967 bits per heavy atom. The number of hydrogen-bond acceptors (Lipinski definition) is 2. The number of rotatable bonds is 7. The monoisotopic (exact) mass is 778 g/mol. The summed E-state index contributed by atoms with van der Waals surface area (Å²) in [5.74, 6) is 0. The molecule has 3 nitrogen and oxygen atoms in total. The summed E-state index contributed by atoms with van der Waals surface area (Å²) in [6.07, 6.45) is 0. The second kappa shape index (κ2) is 14.3. The molecule has 12 rings (SSSR count). The Balaban J connectivity index is 1.08. The Bertz CT molecular complexity index is 3600. The maximum absolute atomic E-state index is 6.64. The van der Waals surface area contributed by atoms with E-state index in [9.17, 15) is 0 Å². The number of benzene rings is 10. The highest BCUT2D eigenvalue weighted by molar-refractivity contribution is 6.18. The van der Waals surface area contributed by atoms with Crippen LogP contribution < -0.4 is 4.90 Å². The third-order valence-corrected chi connectivity index (χ3v) is 12.2. The number of aromatic nitrogens is 1. The minimum absolute atomic E-state index is 0.882. The van der Waals surface area contributed by atoms with E-state index >= 15 is 0 Å². The summed E-state index contributed by atoms with van der Waals surface area (Å²) in [6.45, 7) is 0. The molecule has 0 bridgehead atoms. The summed E-state index contributed by atoms with van der Waals surface area (Å²) in [5, 5.41) is 7.10. The first-order valence-corrected chi connectivity index (χ1v) is 20.8. The standard InChI is InChI=1S/C58H38N2O/c1-2-17-41(18-3-1)45-20-6-10-26-51(45)59(44-36-34-40(35-37-44)43-33-32-39-16-4-5-19-42(39)38-43)52-27-11-7-21-46(52)48-24-14-29-54-57(48)50-23-8-12-28-53(50)60(54)55-30-15-25-49-47-22-9-13-31-56(47)61-58(49)55/h1-38H. The van der Waals surface area contributed by atoms with Gasteiger partial charge in [-0.3, -0.25) is 0 Å². The van der Waals surface area contributed by atoms with Crippen molar-refractivity contribution in [2.24, 2.45) is 0 Å². The molecule has 0 N–H and O–H groups in total. The van der Waals surface area contributed by atoms with Gasteiger partial charge in [-0.05, 0) is 87.6 Å². The largest absolute Gasteiger partial charge is 0.454 e. The maximum atomic E-state index is 6.64. The first kappa shape index (κ1) is 34.9. The predicted octanol–water partition coefficient (Wildman–Crippen LogP) is 16.3. The van der Waals surface area contributed by atoms with E-state index in [0.29, 0.717) is 0 Å². The van der Waals surface area contributed by atoms with E-state index in [1.54, 1.807) is 0 Å². The van der Waals surface area contributed by atoms with Crippen molar-refractivity contribution >= 4 is 71.6 Å². The van der Waals surface area contributed by atoms with Crippen molar-refractivity contribution in [3.8, 4) is 39.1 Å². The zero-order valence-electron chi connectivity index (χ0n) is 33.2. The highest BCUT2D eigenvalue weighted by Crippen LogP contribution is 2.48. The Hall–Kier alpha value is -8.14. The van der Waals surface area contributed by atoms with E-state index < -0.39 is 0 Å². The van der Waals surface area contributed by atoms with Crippen LogP contribution in [0.3, 0.4) is 0 Å². The molecule has 286 valence electrons. The van der Waals surface area contributed by atoms with Crippen LogP contribution in [0.2, 0.25) is 0 Å². The van der Waals surface area contributed by atoms with Gasteiger partial charge in [0.2, 0.25) is 0 Å². The van der Waals surface area contributed by atoms with Crippen molar-refractivity contribution in [1.29, 1.82) is 0 Å². The van der Waals surface area contributed by atoms with Crippen LogP contribution in [0, 0.1) is 0 Å². The minimum Gasteiger partial charge on any atom is -0.454 e. The summed E-state index contributed by atoms with van der Waals surface area (Å²) < 4.78 is 9.03. The van der Waals surface area contributed by atoms with E-state index in [1.165, 1.54) is 38.2 Å². The zero-order chi connectivity index (χ0) is 40.3.